The zero-order valence-corrected chi connectivity index (χ0v) is 10.6. The molecule has 4 nitrogen and oxygen atoms in total. The lowest BCUT2D eigenvalue weighted by Gasteiger charge is -2.21. The van der Waals surface area contributed by atoms with Gasteiger partial charge in [0.15, 0.2) is 0 Å². The zero-order valence-electron chi connectivity index (χ0n) is 9.04. The number of aliphatic carboxylic acids is 1. The second-order valence-electron chi connectivity index (χ2n) is 3.89. The van der Waals surface area contributed by atoms with E-state index in [9.17, 15) is 14.0 Å². The van der Waals surface area contributed by atoms with Crippen LogP contribution >= 0.6 is 15.9 Å². The molecule has 0 aromatic heterocycles. The van der Waals surface area contributed by atoms with Gasteiger partial charge in [-0.2, -0.15) is 0 Å². The Kier molecular flexibility index (Phi) is 3.87. The van der Waals surface area contributed by atoms with Gasteiger partial charge in [0, 0.05) is 0 Å². The van der Waals surface area contributed by atoms with E-state index in [1.165, 1.54) is 25.1 Å². The van der Waals surface area contributed by atoms with Crippen molar-refractivity contribution in [3.63, 3.8) is 0 Å². The number of rotatable bonds is 4. The summed E-state index contributed by atoms with van der Waals surface area (Å²) >= 11 is 3.01. The molecule has 17 heavy (non-hydrogen) atoms. The Balaban J connectivity index is 3.16. The number of hydrogen-bond donors (Lipinski definition) is 2. The van der Waals surface area contributed by atoms with Crippen LogP contribution in [0.1, 0.15) is 12.5 Å². The fourth-order valence-corrected chi connectivity index (χ4v) is 1.74. The third kappa shape index (κ3) is 2.63. The first-order valence-electron chi connectivity index (χ1n) is 4.75. The molecule has 1 rings (SSSR count). The predicted molar refractivity (Wildman–Crippen MR) is 62.7 cm³/mol. The lowest BCUT2D eigenvalue weighted by atomic mass is 9.83. The van der Waals surface area contributed by atoms with Crippen molar-refractivity contribution in [3.8, 4) is 0 Å². The summed E-state index contributed by atoms with van der Waals surface area (Å²) in [6.07, 6.45) is -0.171. The highest BCUT2D eigenvalue weighted by Crippen LogP contribution is 2.28. The molecular weight excluding hydrogens is 293 g/mol. The Hall–Kier alpha value is -1.43. The quantitative estimate of drug-likeness (QED) is 0.831. The highest BCUT2D eigenvalue weighted by Gasteiger charge is 2.40. The van der Waals surface area contributed by atoms with Crippen LogP contribution in [0.3, 0.4) is 0 Å². The first-order chi connectivity index (χ1) is 7.79. The molecule has 1 amide bonds. The fraction of sp³-hybridized carbons (Fsp3) is 0.273. The maximum Gasteiger partial charge on any atom is 0.319 e. The second-order valence-corrected chi connectivity index (χ2v) is 4.68. The lowest BCUT2D eigenvalue weighted by Crippen LogP contribution is -2.43. The van der Waals surface area contributed by atoms with Crippen molar-refractivity contribution in [2.75, 3.05) is 0 Å². The van der Waals surface area contributed by atoms with Crippen molar-refractivity contribution in [1.29, 1.82) is 0 Å². The summed E-state index contributed by atoms with van der Waals surface area (Å²) in [5, 5.41) is 9.01. The Morgan fingerprint density at radius 3 is 2.59 bits per heavy atom. The summed E-state index contributed by atoms with van der Waals surface area (Å²) in [4.78, 5) is 22.2. The van der Waals surface area contributed by atoms with E-state index in [4.69, 9.17) is 10.8 Å². The molecule has 1 aromatic rings. The highest BCUT2D eigenvalue weighted by atomic mass is 79.9. The van der Waals surface area contributed by atoms with Gasteiger partial charge in [-0.05, 0) is 40.9 Å². The summed E-state index contributed by atoms with van der Waals surface area (Å²) < 4.78 is 13.4. The fourth-order valence-electron chi connectivity index (χ4n) is 1.33. The normalized spacial score (nSPS) is 14.1. The third-order valence-electron chi connectivity index (χ3n) is 2.59. The van der Waals surface area contributed by atoms with Gasteiger partial charge >= 0.3 is 5.97 Å². The van der Waals surface area contributed by atoms with Gasteiger partial charge in [0.05, 0.1) is 4.47 Å². The molecule has 3 N–H and O–H groups in total. The molecule has 0 saturated heterocycles. The van der Waals surface area contributed by atoms with Crippen molar-refractivity contribution >= 4 is 27.8 Å². The van der Waals surface area contributed by atoms with Crippen molar-refractivity contribution in [3.05, 3.63) is 34.1 Å². The van der Waals surface area contributed by atoms with Gasteiger partial charge in [-0.3, -0.25) is 9.59 Å². The highest BCUT2D eigenvalue weighted by molar-refractivity contribution is 9.10. The van der Waals surface area contributed by atoms with Gasteiger partial charge in [0.25, 0.3) is 0 Å². The number of carboxylic acid groups (broad SMARTS) is 1. The topological polar surface area (TPSA) is 80.4 Å². The Morgan fingerprint density at radius 2 is 2.12 bits per heavy atom. The van der Waals surface area contributed by atoms with E-state index < -0.39 is 23.1 Å². The van der Waals surface area contributed by atoms with Crippen LogP contribution in [-0.4, -0.2) is 17.0 Å². The van der Waals surface area contributed by atoms with Gasteiger partial charge in [0.1, 0.15) is 11.2 Å². The summed E-state index contributed by atoms with van der Waals surface area (Å²) in [6, 6.07) is 4.21. The van der Waals surface area contributed by atoms with Crippen molar-refractivity contribution in [2.45, 2.75) is 13.3 Å². The van der Waals surface area contributed by atoms with E-state index in [1.807, 2.05) is 0 Å². The number of benzene rings is 1. The molecule has 92 valence electrons. The Bertz CT molecular complexity index is 462. The molecule has 0 bridgehead atoms. The molecule has 0 heterocycles. The van der Waals surface area contributed by atoms with E-state index >= 15 is 0 Å². The molecule has 0 aliphatic heterocycles. The SMILES string of the molecule is CC(Cc1cccc(F)c1Br)(C(N)=O)C(=O)O. The van der Waals surface area contributed by atoms with Crippen LogP contribution in [0.25, 0.3) is 0 Å². The van der Waals surface area contributed by atoms with E-state index in [1.54, 1.807) is 0 Å². The Labute approximate surface area is 106 Å². The molecule has 1 unspecified atom stereocenters. The molecule has 1 atom stereocenters. The molecule has 0 spiro atoms. The number of nitrogens with two attached hydrogens (primary N) is 1. The summed E-state index contributed by atoms with van der Waals surface area (Å²) in [5.41, 5.74) is 3.71. The summed E-state index contributed by atoms with van der Waals surface area (Å²) in [5.74, 6) is -2.80. The third-order valence-corrected chi connectivity index (χ3v) is 3.48. The molecule has 0 saturated carbocycles. The zero-order chi connectivity index (χ0) is 13.2. The second kappa shape index (κ2) is 4.83. The molecule has 0 fully saturated rings. The minimum atomic E-state index is -1.75. The van der Waals surface area contributed by atoms with Crippen LogP contribution in [-0.2, 0) is 16.0 Å². The van der Waals surface area contributed by atoms with Crippen LogP contribution < -0.4 is 5.73 Å². The average Bonchev–Trinajstić information content (AvgIpc) is 2.24. The van der Waals surface area contributed by atoms with Crippen LogP contribution in [0.15, 0.2) is 22.7 Å². The van der Waals surface area contributed by atoms with E-state index in [-0.39, 0.29) is 10.9 Å². The molecule has 0 aliphatic rings. The van der Waals surface area contributed by atoms with Gasteiger partial charge in [-0.1, -0.05) is 12.1 Å². The molecular formula is C11H11BrFNO3. The maximum atomic E-state index is 13.2. The summed E-state index contributed by atoms with van der Waals surface area (Å²) in [7, 11) is 0. The number of halogens is 2. The number of carbonyl (C=O) groups is 2. The Morgan fingerprint density at radius 1 is 1.53 bits per heavy atom. The van der Waals surface area contributed by atoms with Crippen LogP contribution in [0, 0.1) is 11.2 Å². The van der Waals surface area contributed by atoms with Gasteiger partial charge in [0.2, 0.25) is 5.91 Å². The number of amides is 1. The first-order valence-corrected chi connectivity index (χ1v) is 5.54. The molecule has 6 heteroatoms. The monoisotopic (exact) mass is 303 g/mol. The smallest absolute Gasteiger partial charge is 0.319 e. The van der Waals surface area contributed by atoms with Crippen LogP contribution in [0.5, 0.6) is 0 Å². The number of primary amides is 1. The van der Waals surface area contributed by atoms with Crippen LogP contribution in [0.2, 0.25) is 0 Å². The lowest BCUT2D eigenvalue weighted by molar-refractivity contribution is -0.153. The largest absolute Gasteiger partial charge is 0.480 e. The van der Waals surface area contributed by atoms with Gasteiger partial charge in [-0.15, -0.1) is 0 Å². The number of carboxylic acids is 1. The maximum absolute atomic E-state index is 13.2. The molecule has 0 radical (unpaired) electrons. The van der Waals surface area contributed by atoms with Crippen molar-refractivity contribution < 1.29 is 19.1 Å². The first kappa shape index (κ1) is 13.6. The van der Waals surface area contributed by atoms with Crippen LogP contribution in [0.4, 0.5) is 4.39 Å². The van der Waals surface area contributed by atoms with E-state index in [0.29, 0.717) is 5.56 Å². The number of hydrogen-bond acceptors (Lipinski definition) is 2. The van der Waals surface area contributed by atoms with E-state index in [0.717, 1.165) is 0 Å². The summed E-state index contributed by atoms with van der Waals surface area (Å²) in [6.45, 7) is 1.22. The molecule has 0 aliphatic carbocycles. The van der Waals surface area contributed by atoms with E-state index in [2.05, 4.69) is 15.9 Å². The number of carbonyl (C=O) groups excluding carboxylic acids is 1. The van der Waals surface area contributed by atoms with Gasteiger partial charge < -0.3 is 10.8 Å². The minimum absolute atomic E-state index is 0.147. The minimum Gasteiger partial charge on any atom is -0.480 e. The van der Waals surface area contributed by atoms with Gasteiger partial charge in [-0.25, -0.2) is 4.39 Å². The average molecular weight is 304 g/mol. The predicted octanol–water partition coefficient (Wildman–Crippen LogP) is 1.71. The van der Waals surface area contributed by atoms with Crippen molar-refractivity contribution in [1.82, 2.24) is 0 Å². The van der Waals surface area contributed by atoms with Crippen molar-refractivity contribution in [2.24, 2.45) is 11.1 Å². The standard InChI is InChI=1S/C11H11BrFNO3/c1-11(9(14)15,10(16)17)5-6-3-2-4-7(13)8(6)12/h2-4H,5H2,1H3,(H2,14,15)(H,16,17). The molecule has 1 aromatic carbocycles.